The van der Waals surface area contributed by atoms with Gasteiger partial charge in [0.1, 0.15) is 5.82 Å². The second kappa shape index (κ2) is 3.34. The molecule has 1 atom stereocenters. The van der Waals surface area contributed by atoms with Crippen LogP contribution in [0.1, 0.15) is 30.9 Å². The molecule has 70 valence electrons. The van der Waals surface area contributed by atoms with Crippen molar-refractivity contribution in [2.75, 3.05) is 5.73 Å². The quantitative estimate of drug-likeness (QED) is 0.734. The van der Waals surface area contributed by atoms with Gasteiger partial charge in [-0.05, 0) is 18.4 Å². The number of hydrogen-bond donors (Lipinski definition) is 2. The van der Waals surface area contributed by atoms with E-state index in [0.717, 1.165) is 17.9 Å². The van der Waals surface area contributed by atoms with Crippen LogP contribution in [0.25, 0.3) is 0 Å². The first-order valence-electron chi connectivity index (χ1n) is 4.73. The summed E-state index contributed by atoms with van der Waals surface area (Å²) in [6.07, 6.45) is 5.40. The predicted molar refractivity (Wildman–Crippen MR) is 52.9 cm³/mol. The van der Waals surface area contributed by atoms with E-state index >= 15 is 0 Å². The highest BCUT2D eigenvalue weighted by molar-refractivity contribution is 5.40. The molecule has 1 saturated carbocycles. The number of hydrogen-bond acceptors (Lipinski definition) is 3. The van der Waals surface area contributed by atoms with Gasteiger partial charge in [0.05, 0.1) is 0 Å². The van der Waals surface area contributed by atoms with Crippen LogP contribution in [0, 0.1) is 5.92 Å². The van der Waals surface area contributed by atoms with Crippen molar-refractivity contribution in [3.63, 3.8) is 0 Å². The van der Waals surface area contributed by atoms with E-state index in [-0.39, 0.29) is 6.04 Å². The van der Waals surface area contributed by atoms with Crippen molar-refractivity contribution in [3.8, 4) is 0 Å². The smallest absolute Gasteiger partial charge is 0.128 e. The van der Waals surface area contributed by atoms with Crippen molar-refractivity contribution in [2.24, 2.45) is 11.7 Å². The van der Waals surface area contributed by atoms with E-state index in [4.69, 9.17) is 11.5 Å². The molecule has 13 heavy (non-hydrogen) atoms. The van der Waals surface area contributed by atoms with Gasteiger partial charge in [0, 0.05) is 17.8 Å². The zero-order valence-electron chi connectivity index (χ0n) is 7.61. The van der Waals surface area contributed by atoms with E-state index in [1.54, 1.807) is 6.20 Å². The first-order valence-corrected chi connectivity index (χ1v) is 4.73. The molecular weight excluding hydrogens is 162 g/mol. The number of aromatic nitrogens is 1. The molecule has 1 aliphatic rings. The molecule has 1 aromatic rings. The fraction of sp³-hybridized carbons (Fsp3) is 0.500. The number of pyridine rings is 1. The molecule has 3 nitrogen and oxygen atoms in total. The van der Waals surface area contributed by atoms with Crippen molar-refractivity contribution in [3.05, 3.63) is 23.9 Å². The van der Waals surface area contributed by atoms with Crippen LogP contribution in [-0.4, -0.2) is 4.98 Å². The third-order valence-corrected chi connectivity index (χ3v) is 2.55. The Morgan fingerprint density at radius 1 is 1.54 bits per heavy atom. The van der Waals surface area contributed by atoms with Crippen molar-refractivity contribution in [2.45, 2.75) is 25.3 Å². The topological polar surface area (TPSA) is 64.9 Å². The Morgan fingerprint density at radius 3 is 2.92 bits per heavy atom. The zero-order valence-corrected chi connectivity index (χ0v) is 7.61. The molecule has 4 N–H and O–H groups in total. The minimum absolute atomic E-state index is 0.0706. The summed E-state index contributed by atoms with van der Waals surface area (Å²) in [4.78, 5) is 4.03. The van der Waals surface area contributed by atoms with Gasteiger partial charge in [-0.2, -0.15) is 0 Å². The zero-order chi connectivity index (χ0) is 9.26. The van der Waals surface area contributed by atoms with Gasteiger partial charge in [0.25, 0.3) is 0 Å². The molecule has 0 aliphatic heterocycles. The van der Waals surface area contributed by atoms with E-state index in [1.165, 1.54) is 12.8 Å². The van der Waals surface area contributed by atoms with Gasteiger partial charge >= 0.3 is 0 Å². The predicted octanol–water partition coefficient (Wildman–Crippen LogP) is 1.46. The molecule has 1 heterocycles. The summed E-state index contributed by atoms with van der Waals surface area (Å²) in [5, 5.41) is 0. The van der Waals surface area contributed by atoms with Crippen LogP contribution in [0.4, 0.5) is 5.82 Å². The van der Waals surface area contributed by atoms with Crippen molar-refractivity contribution in [1.82, 2.24) is 4.98 Å². The fourth-order valence-electron chi connectivity index (χ4n) is 1.58. The number of nitrogen functional groups attached to an aromatic ring is 1. The monoisotopic (exact) mass is 177 g/mol. The van der Waals surface area contributed by atoms with E-state index in [2.05, 4.69) is 4.98 Å². The highest BCUT2D eigenvalue weighted by Crippen LogP contribution is 2.37. The number of rotatable bonds is 3. The molecule has 1 aromatic heterocycles. The van der Waals surface area contributed by atoms with Crippen LogP contribution in [0.2, 0.25) is 0 Å². The SMILES string of the molecule is Nc1ncccc1[C@H](N)CC1CC1. The lowest BCUT2D eigenvalue weighted by Crippen LogP contribution is -2.13. The molecule has 0 unspecified atom stereocenters. The van der Waals surface area contributed by atoms with Crippen molar-refractivity contribution >= 4 is 5.82 Å². The van der Waals surface area contributed by atoms with E-state index < -0.39 is 0 Å². The lowest BCUT2D eigenvalue weighted by atomic mass is 10.0. The Bertz CT molecular complexity index is 294. The third-order valence-electron chi connectivity index (χ3n) is 2.55. The summed E-state index contributed by atoms with van der Waals surface area (Å²) in [6.45, 7) is 0. The third kappa shape index (κ3) is 1.98. The maximum absolute atomic E-state index is 6.02. The Labute approximate surface area is 78.1 Å². The maximum atomic E-state index is 6.02. The van der Waals surface area contributed by atoms with Crippen LogP contribution >= 0.6 is 0 Å². The molecule has 2 rings (SSSR count). The Morgan fingerprint density at radius 2 is 2.31 bits per heavy atom. The molecule has 0 saturated heterocycles. The van der Waals surface area contributed by atoms with Gasteiger partial charge in [-0.15, -0.1) is 0 Å². The molecule has 1 fully saturated rings. The van der Waals surface area contributed by atoms with Gasteiger partial charge in [-0.25, -0.2) is 4.98 Å². The first kappa shape index (κ1) is 8.51. The average Bonchev–Trinajstić information content (AvgIpc) is 2.89. The average molecular weight is 177 g/mol. The summed E-state index contributed by atoms with van der Waals surface area (Å²) in [7, 11) is 0. The Hall–Kier alpha value is -1.09. The van der Waals surface area contributed by atoms with E-state index in [1.807, 2.05) is 12.1 Å². The summed E-state index contributed by atoms with van der Waals surface area (Å²) < 4.78 is 0. The summed E-state index contributed by atoms with van der Waals surface area (Å²) >= 11 is 0. The van der Waals surface area contributed by atoms with Gasteiger partial charge in [-0.1, -0.05) is 18.9 Å². The van der Waals surface area contributed by atoms with E-state index in [0.29, 0.717) is 5.82 Å². The molecule has 0 aromatic carbocycles. The minimum Gasteiger partial charge on any atom is -0.383 e. The van der Waals surface area contributed by atoms with Gasteiger partial charge in [0.2, 0.25) is 0 Å². The number of nitrogens with zero attached hydrogens (tertiary/aromatic N) is 1. The van der Waals surface area contributed by atoms with Gasteiger partial charge in [-0.3, -0.25) is 0 Å². The second-order valence-corrected chi connectivity index (χ2v) is 3.76. The molecule has 0 bridgehead atoms. The molecule has 1 aliphatic carbocycles. The van der Waals surface area contributed by atoms with Crippen LogP contribution in [0.3, 0.4) is 0 Å². The second-order valence-electron chi connectivity index (χ2n) is 3.76. The van der Waals surface area contributed by atoms with Crippen LogP contribution in [0.5, 0.6) is 0 Å². The van der Waals surface area contributed by atoms with Gasteiger partial charge < -0.3 is 11.5 Å². The molecule has 0 radical (unpaired) electrons. The fourth-order valence-corrected chi connectivity index (χ4v) is 1.58. The van der Waals surface area contributed by atoms with Crippen molar-refractivity contribution in [1.29, 1.82) is 0 Å². The normalized spacial score (nSPS) is 18.5. The summed E-state index contributed by atoms with van der Waals surface area (Å²) in [6, 6.07) is 3.93. The first-order chi connectivity index (χ1) is 6.27. The molecule has 0 amide bonds. The number of nitrogens with two attached hydrogens (primary N) is 2. The number of anilines is 1. The molecule has 0 spiro atoms. The maximum Gasteiger partial charge on any atom is 0.128 e. The highest BCUT2D eigenvalue weighted by atomic mass is 14.8. The van der Waals surface area contributed by atoms with Crippen LogP contribution in [0.15, 0.2) is 18.3 Å². The summed E-state index contributed by atoms with van der Waals surface area (Å²) in [5.41, 5.74) is 12.7. The molecule has 3 heteroatoms. The highest BCUT2D eigenvalue weighted by Gasteiger charge is 2.25. The lowest BCUT2D eigenvalue weighted by Gasteiger charge is -2.12. The lowest BCUT2D eigenvalue weighted by molar-refractivity contribution is 0.597. The Balaban J connectivity index is 2.09. The minimum atomic E-state index is 0.0706. The Kier molecular flexibility index (Phi) is 2.19. The van der Waals surface area contributed by atoms with Crippen LogP contribution < -0.4 is 11.5 Å². The van der Waals surface area contributed by atoms with Crippen LogP contribution in [-0.2, 0) is 0 Å². The summed E-state index contributed by atoms with van der Waals surface area (Å²) in [5.74, 6) is 1.41. The largest absolute Gasteiger partial charge is 0.383 e. The molecular formula is C10H15N3. The standard InChI is InChI=1S/C10H15N3/c11-9(6-7-3-4-7)8-2-1-5-13-10(8)12/h1-2,5,7,9H,3-4,6,11H2,(H2,12,13)/t9-/m1/s1. The van der Waals surface area contributed by atoms with Gasteiger partial charge in [0.15, 0.2) is 0 Å². The van der Waals surface area contributed by atoms with E-state index in [9.17, 15) is 0 Å². The van der Waals surface area contributed by atoms with Crippen molar-refractivity contribution < 1.29 is 0 Å².